The molecule has 2 aromatic rings. The Morgan fingerprint density at radius 1 is 1.33 bits per heavy atom. The number of hydrogen-bond donors (Lipinski definition) is 2. The van der Waals surface area contributed by atoms with E-state index >= 15 is 0 Å². The molecule has 21 heavy (non-hydrogen) atoms. The van der Waals surface area contributed by atoms with Crippen LogP contribution < -0.4 is 10.6 Å². The molecule has 0 fully saturated rings. The summed E-state index contributed by atoms with van der Waals surface area (Å²) in [6.07, 6.45) is 1.78. The highest BCUT2D eigenvalue weighted by Gasteiger charge is 2.15. The van der Waals surface area contributed by atoms with Crippen LogP contribution in [0.3, 0.4) is 0 Å². The van der Waals surface area contributed by atoms with E-state index in [4.69, 9.17) is 11.6 Å². The molecule has 0 aliphatic rings. The van der Waals surface area contributed by atoms with Gasteiger partial charge in [-0.1, -0.05) is 23.7 Å². The van der Waals surface area contributed by atoms with Gasteiger partial charge in [0, 0.05) is 24.5 Å². The van der Waals surface area contributed by atoms with Crippen molar-refractivity contribution < 1.29 is 4.79 Å². The van der Waals surface area contributed by atoms with Crippen molar-refractivity contribution in [2.75, 3.05) is 12.4 Å². The number of benzene rings is 1. The summed E-state index contributed by atoms with van der Waals surface area (Å²) in [5.41, 5.74) is 2.46. The van der Waals surface area contributed by atoms with Crippen LogP contribution in [0.1, 0.15) is 35.9 Å². The second kappa shape index (κ2) is 6.78. The number of amides is 1. The van der Waals surface area contributed by atoms with Gasteiger partial charge in [-0.25, -0.2) is 0 Å². The van der Waals surface area contributed by atoms with Gasteiger partial charge >= 0.3 is 0 Å². The van der Waals surface area contributed by atoms with Crippen LogP contribution in [0.2, 0.25) is 5.02 Å². The predicted octanol–water partition coefficient (Wildman–Crippen LogP) is 3.69. The molecule has 0 radical (unpaired) electrons. The maximum absolute atomic E-state index is 12.4. The predicted molar refractivity (Wildman–Crippen MR) is 87.0 cm³/mol. The van der Waals surface area contributed by atoms with Crippen molar-refractivity contribution >= 4 is 23.2 Å². The van der Waals surface area contributed by atoms with Crippen LogP contribution in [0.25, 0.3) is 0 Å². The van der Waals surface area contributed by atoms with Crippen molar-refractivity contribution in [1.82, 2.24) is 9.88 Å². The molecule has 0 saturated carbocycles. The first-order valence-corrected chi connectivity index (χ1v) is 7.31. The standard InChI is InChI=1S/C16H20ClN3O/c1-11(2)20-10-13(17)8-15(20)16(21)19-14-6-4-5-12(7-14)9-18-3/h4-8,10-11,18H,9H2,1-3H3,(H,19,21). The smallest absolute Gasteiger partial charge is 0.272 e. The van der Waals surface area contributed by atoms with Gasteiger partial charge in [-0.2, -0.15) is 0 Å². The fourth-order valence-corrected chi connectivity index (χ4v) is 2.42. The third-order valence-electron chi connectivity index (χ3n) is 3.17. The summed E-state index contributed by atoms with van der Waals surface area (Å²) in [5.74, 6) is -0.155. The summed E-state index contributed by atoms with van der Waals surface area (Å²) in [6.45, 7) is 4.79. The minimum Gasteiger partial charge on any atom is -0.339 e. The fourth-order valence-electron chi connectivity index (χ4n) is 2.21. The summed E-state index contributed by atoms with van der Waals surface area (Å²) in [7, 11) is 1.89. The van der Waals surface area contributed by atoms with E-state index in [0.717, 1.165) is 17.8 Å². The molecule has 0 atom stereocenters. The van der Waals surface area contributed by atoms with Crippen LogP contribution in [0.4, 0.5) is 5.69 Å². The van der Waals surface area contributed by atoms with Crippen LogP contribution >= 0.6 is 11.6 Å². The quantitative estimate of drug-likeness (QED) is 0.885. The molecular formula is C16H20ClN3O. The molecule has 0 spiro atoms. The number of carbonyl (C=O) groups is 1. The Kier molecular flexibility index (Phi) is 5.04. The van der Waals surface area contributed by atoms with E-state index in [2.05, 4.69) is 10.6 Å². The van der Waals surface area contributed by atoms with Gasteiger partial charge in [0.05, 0.1) is 5.02 Å². The van der Waals surface area contributed by atoms with Gasteiger partial charge in [0.2, 0.25) is 0 Å². The summed E-state index contributed by atoms with van der Waals surface area (Å²) in [6, 6.07) is 9.64. The van der Waals surface area contributed by atoms with Gasteiger partial charge in [-0.15, -0.1) is 0 Å². The van der Waals surface area contributed by atoms with Crippen molar-refractivity contribution in [2.45, 2.75) is 26.4 Å². The largest absolute Gasteiger partial charge is 0.339 e. The molecular weight excluding hydrogens is 286 g/mol. The van der Waals surface area contributed by atoms with E-state index in [1.54, 1.807) is 12.3 Å². The summed E-state index contributed by atoms with van der Waals surface area (Å²) in [5, 5.41) is 6.58. The molecule has 1 amide bonds. The second-order valence-electron chi connectivity index (χ2n) is 5.23. The number of nitrogens with one attached hydrogen (secondary N) is 2. The number of aromatic nitrogens is 1. The van der Waals surface area contributed by atoms with Crippen LogP contribution in [-0.2, 0) is 6.54 Å². The Labute approximate surface area is 130 Å². The fraction of sp³-hybridized carbons (Fsp3) is 0.312. The summed E-state index contributed by atoms with van der Waals surface area (Å²) >= 11 is 6.01. The van der Waals surface area contributed by atoms with Crippen molar-refractivity contribution in [3.8, 4) is 0 Å². The molecule has 0 bridgehead atoms. The average Bonchev–Trinajstić information content (AvgIpc) is 2.82. The van der Waals surface area contributed by atoms with Crippen LogP contribution in [0, 0.1) is 0 Å². The Morgan fingerprint density at radius 2 is 2.10 bits per heavy atom. The highest BCUT2D eigenvalue weighted by molar-refractivity contribution is 6.31. The lowest BCUT2D eigenvalue weighted by Crippen LogP contribution is -2.18. The SMILES string of the molecule is CNCc1cccc(NC(=O)c2cc(Cl)cn2C(C)C)c1. The minimum absolute atomic E-state index is 0.155. The maximum atomic E-state index is 12.4. The molecule has 1 aromatic heterocycles. The number of nitrogens with zero attached hydrogens (tertiary/aromatic N) is 1. The third-order valence-corrected chi connectivity index (χ3v) is 3.38. The first kappa shape index (κ1) is 15.6. The van der Waals surface area contributed by atoms with Crippen molar-refractivity contribution in [2.24, 2.45) is 0 Å². The van der Waals surface area contributed by atoms with Gasteiger partial charge in [-0.05, 0) is 44.7 Å². The minimum atomic E-state index is -0.155. The molecule has 0 aliphatic heterocycles. The Bertz CT molecular complexity index is 634. The normalized spacial score (nSPS) is 10.9. The Hall–Kier alpha value is -1.78. The van der Waals surface area contributed by atoms with Gasteiger partial charge < -0.3 is 15.2 Å². The Morgan fingerprint density at radius 3 is 2.76 bits per heavy atom. The highest BCUT2D eigenvalue weighted by Crippen LogP contribution is 2.20. The van der Waals surface area contributed by atoms with E-state index < -0.39 is 0 Å². The average molecular weight is 306 g/mol. The molecule has 112 valence electrons. The van der Waals surface area contributed by atoms with Crippen molar-refractivity contribution in [3.63, 3.8) is 0 Å². The number of hydrogen-bond acceptors (Lipinski definition) is 2. The molecule has 0 unspecified atom stereocenters. The van der Waals surface area contributed by atoms with Crippen LogP contribution in [0.5, 0.6) is 0 Å². The lowest BCUT2D eigenvalue weighted by molar-refractivity contribution is 0.101. The van der Waals surface area contributed by atoms with E-state index in [1.165, 1.54) is 0 Å². The monoisotopic (exact) mass is 305 g/mol. The molecule has 0 saturated heterocycles. The number of carbonyl (C=O) groups excluding carboxylic acids is 1. The highest BCUT2D eigenvalue weighted by atomic mass is 35.5. The summed E-state index contributed by atoms with van der Waals surface area (Å²) in [4.78, 5) is 12.4. The number of halogens is 1. The molecule has 2 N–H and O–H groups in total. The number of rotatable bonds is 5. The van der Waals surface area contributed by atoms with Crippen molar-refractivity contribution in [3.05, 3.63) is 52.8 Å². The third kappa shape index (κ3) is 3.86. The van der Waals surface area contributed by atoms with Gasteiger partial charge in [0.25, 0.3) is 5.91 Å². The first-order valence-electron chi connectivity index (χ1n) is 6.93. The van der Waals surface area contributed by atoms with E-state index in [-0.39, 0.29) is 11.9 Å². The second-order valence-corrected chi connectivity index (χ2v) is 5.67. The maximum Gasteiger partial charge on any atom is 0.272 e. The van der Waals surface area contributed by atoms with Crippen molar-refractivity contribution in [1.29, 1.82) is 0 Å². The topological polar surface area (TPSA) is 46.1 Å². The van der Waals surface area contributed by atoms with Crippen LogP contribution in [-0.4, -0.2) is 17.5 Å². The van der Waals surface area contributed by atoms with Gasteiger partial charge in [-0.3, -0.25) is 4.79 Å². The van der Waals surface area contributed by atoms with E-state index in [1.807, 2.05) is 49.7 Å². The molecule has 2 rings (SSSR count). The Balaban J connectivity index is 2.20. The molecule has 5 heteroatoms. The lowest BCUT2D eigenvalue weighted by Gasteiger charge is -2.13. The lowest BCUT2D eigenvalue weighted by atomic mass is 10.2. The molecule has 4 nitrogen and oxygen atoms in total. The van der Waals surface area contributed by atoms with Gasteiger partial charge in [0.1, 0.15) is 5.69 Å². The zero-order valence-corrected chi connectivity index (χ0v) is 13.2. The molecule has 0 aliphatic carbocycles. The first-order chi connectivity index (χ1) is 10.0. The van der Waals surface area contributed by atoms with Crippen LogP contribution in [0.15, 0.2) is 36.5 Å². The zero-order valence-electron chi connectivity index (χ0n) is 12.5. The zero-order chi connectivity index (χ0) is 15.4. The molecule has 1 heterocycles. The number of anilines is 1. The van der Waals surface area contributed by atoms with E-state index in [0.29, 0.717) is 10.7 Å². The van der Waals surface area contributed by atoms with Gasteiger partial charge in [0.15, 0.2) is 0 Å². The van der Waals surface area contributed by atoms with E-state index in [9.17, 15) is 4.79 Å². The molecule has 1 aromatic carbocycles. The summed E-state index contributed by atoms with van der Waals surface area (Å²) < 4.78 is 1.87.